The monoisotopic (exact) mass is 343 g/mol. The van der Waals surface area contributed by atoms with Crippen LogP contribution in [0.1, 0.15) is 0 Å². The number of nitrogens with zero attached hydrogens (tertiary/aromatic N) is 1. The van der Waals surface area contributed by atoms with Crippen LogP contribution < -0.4 is 4.90 Å². The van der Waals surface area contributed by atoms with E-state index in [-0.39, 0.29) is 30.4 Å². The Morgan fingerprint density at radius 3 is 2.60 bits per heavy atom. The van der Waals surface area contributed by atoms with Gasteiger partial charge >= 0.3 is 11.9 Å². The summed E-state index contributed by atoms with van der Waals surface area (Å²) in [7, 11) is 2.48. The van der Waals surface area contributed by atoms with Crippen molar-refractivity contribution in [2.45, 2.75) is 0 Å². The number of ether oxygens (including phenoxy) is 3. The van der Waals surface area contributed by atoms with E-state index in [0.29, 0.717) is 11.1 Å². The molecule has 0 aliphatic carbocycles. The summed E-state index contributed by atoms with van der Waals surface area (Å²) in [6.45, 7) is 0.00329. The van der Waals surface area contributed by atoms with Gasteiger partial charge in [0.2, 0.25) is 0 Å². The summed E-state index contributed by atoms with van der Waals surface area (Å²) in [5, 5.41) is 11.4. The molecule has 7 heteroatoms. The van der Waals surface area contributed by atoms with Gasteiger partial charge in [0.1, 0.15) is 18.2 Å². The largest absolute Gasteiger partial charge is 0.508 e. The fourth-order valence-corrected chi connectivity index (χ4v) is 2.81. The van der Waals surface area contributed by atoms with E-state index in [0.717, 1.165) is 5.39 Å². The summed E-state index contributed by atoms with van der Waals surface area (Å²) in [5.74, 6) is -1.23. The lowest BCUT2D eigenvalue weighted by atomic mass is 10.1. The van der Waals surface area contributed by atoms with Gasteiger partial charge in [-0.25, -0.2) is 9.59 Å². The van der Waals surface area contributed by atoms with E-state index in [9.17, 15) is 14.7 Å². The molecule has 130 valence electrons. The highest BCUT2D eigenvalue weighted by Gasteiger charge is 2.33. The number of aromatic hydroxyl groups is 1. The van der Waals surface area contributed by atoms with Crippen molar-refractivity contribution in [3.8, 4) is 5.75 Å². The summed E-state index contributed by atoms with van der Waals surface area (Å²) < 4.78 is 15.1. The number of methoxy groups -OCH3 is 2. The first kappa shape index (κ1) is 16.8. The van der Waals surface area contributed by atoms with Crippen LogP contribution in [0.25, 0.3) is 10.8 Å². The van der Waals surface area contributed by atoms with E-state index >= 15 is 0 Å². The van der Waals surface area contributed by atoms with Crippen LogP contribution >= 0.6 is 0 Å². The molecule has 25 heavy (non-hydrogen) atoms. The molecule has 0 fully saturated rings. The molecule has 3 rings (SSSR count). The Hall–Kier alpha value is -3.06. The van der Waals surface area contributed by atoms with Crippen LogP contribution in [0, 0.1) is 0 Å². The highest BCUT2D eigenvalue weighted by molar-refractivity contribution is 6.06. The van der Waals surface area contributed by atoms with Gasteiger partial charge in [-0.3, -0.25) is 0 Å². The Morgan fingerprint density at radius 2 is 1.88 bits per heavy atom. The standard InChI is InChI=1S/C18H17NO6/c1-23-17(21)14-9-25-10-19(16(14)18(22)24-2)15-5-3-4-11-6-7-12(20)8-13(11)15/h3-8,20H,9-10H2,1-2H3. The predicted octanol–water partition coefficient (Wildman–Crippen LogP) is 1.94. The zero-order valence-electron chi connectivity index (χ0n) is 13.8. The maximum Gasteiger partial charge on any atom is 0.355 e. The van der Waals surface area contributed by atoms with Crippen molar-refractivity contribution in [2.75, 3.05) is 32.5 Å². The van der Waals surface area contributed by atoms with E-state index < -0.39 is 11.9 Å². The molecule has 1 N–H and O–H groups in total. The molecule has 1 aliphatic heterocycles. The van der Waals surface area contributed by atoms with Crippen LogP contribution in [0.5, 0.6) is 5.75 Å². The van der Waals surface area contributed by atoms with Gasteiger partial charge in [-0.05, 0) is 23.6 Å². The van der Waals surface area contributed by atoms with Crippen molar-refractivity contribution >= 4 is 28.4 Å². The van der Waals surface area contributed by atoms with E-state index in [1.165, 1.54) is 14.2 Å². The van der Waals surface area contributed by atoms with Crippen molar-refractivity contribution in [1.29, 1.82) is 0 Å². The number of carbonyl (C=O) groups excluding carboxylic acids is 2. The van der Waals surface area contributed by atoms with Gasteiger partial charge in [-0.15, -0.1) is 0 Å². The van der Waals surface area contributed by atoms with Gasteiger partial charge in [-0.1, -0.05) is 18.2 Å². The van der Waals surface area contributed by atoms with Gasteiger partial charge in [0.05, 0.1) is 32.1 Å². The number of hydrogen-bond donors (Lipinski definition) is 1. The molecule has 0 saturated carbocycles. The molecule has 0 spiro atoms. The second-order valence-corrected chi connectivity index (χ2v) is 5.40. The van der Waals surface area contributed by atoms with Crippen molar-refractivity contribution in [2.24, 2.45) is 0 Å². The Balaban J connectivity index is 2.23. The second-order valence-electron chi connectivity index (χ2n) is 5.40. The lowest BCUT2D eigenvalue weighted by molar-refractivity contribution is -0.140. The number of hydrogen-bond acceptors (Lipinski definition) is 7. The fourth-order valence-electron chi connectivity index (χ4n) is 2.81. The lowest BCUT2D eigenvalue weighted by Crippen LogP contribution is -2.38. The van der Waals surface area contributed by atoms with Crippen molar-refractivity contribution in [1.82, 2.24) is 0 Å². The van der Waals surface area contributed by atoms with Crippen molar-refractivity contribution in [3.63, 3.8) is 0 Å². The van der Waals surface area contributed by atoms with Crippen molar-refractivity contribution in [3.05, 3.63) is 47.7 Å². The van der Waals surface area contributed by atoms with Gasteiger partial charge < -0.3 is 24.2 Å². The fraction of sp³-hybridized carbons (Fsp3) is 0.222. The van der Waals surface area contributed by atoms with Gasteiger partial charge in [-0.2, -0.15) is 0 Å². The van der Waals surface area contributed by atoms with Crippen LogP contribution in [0.2, 0.25) is 0 Å². The molecule has 0 unspecified atom stereocenters. The molecule has 0 aromatic heterocycles. The first-order valence-corrected chi connectivity index (χ1v) is 7.53. The molecule has 0 amide bonds. The minimum absolute atomic E-state index is 0.0520. The molecular formula is C18H17NO6. The molecule has 2 aromatic rings. The van der Waals surface area contributed by atoms with Gasteiger partial charge in [0.25, 0.3) is 0 Å². The second kappa shape index (κ2) is 6.82. The third kappa shape index (κ3) is 3.01. The average molecular weight is 343 g/mol. The highest BCUT2D eigenvalue weighted by Crippen LogP contribution is 2.34. The Bertz CT molecular complexity index is 873. The van der Waals surface area contributed by atoms with Crippen LogP contribution in [0.15, 0.2) is 47.7 Å². The minimum atomic E-state index is -0.666. The molecule has 2 aromatic carbocycles. The first-order chi connectivity index (χ1) is 12.1. The van der Waals surface area contributed by atoms with E-state index in [2.05, 4.69) is 0 Å². The number of phenolic OH excluding ortho intramolecular Hbond substituents is 1. The maximum absolute atomic E-state index is 12.3. The van der Waals surface area contributed by atoms with Crippen LogP contribution in [-0.4, -0.2) is 44.6 Å². The first-order valence-electron chi connectivity index (χ1n) is 7.53. The van der Waals surface area contributed by atoms with E-state index in [4.69, 9.17) is 14.2 Å². The Morgan fingerprint density at radius 1 is 1.12 bits per heavy atom. The van der Waals surface area contributed by atoms with Gasteiger partial charge in [0.15, 0.2) is 0 Å². The van der Waals surface area contributed by atoms with Crippen LogP contribution in [0.3, 0.4) is 0 Å². The SMILES string of the molecule is COC(=O)C1=C(C(=O)OC)N(c2cccc3ccc(O)cc23)COC1. The number of fused-ring (bicyclic) bond motifs is 1. The molecule has 1 aliphatic rings. The number of anilines is 1. The molecular weight excluding hydrogens is 326 g/mol. The summed E-state index contributed by atoms with van der Waals surface area (Å²) >= 11 is 0. The van der Waals surface area contributed by atoms with Crippen LogP contribution in [-0.2, 0) is 23.8 Å². The molecule has 0 atom stereocenters. The summed E-state index contributed by atoms with van der Waals surface area (Å²) in [6, 6.07) is 10.4. The molecule has 0 bridgehead atoms. The Labute approximate surface area is 144 Å². The van der Waals surface area contributed by atoms with Gasteiger partial charge in [0, 0.05) is 5.39 Å². The third-order valence-corrected chi connectivity index (χ3v) is 3.97. The molecule has 1 heterocycles. The van der Waals surface area contributed by atoms with E-state index in [1.54, 1.807) is 29.2 Å². The lowest BCUT2D eigenvalue weighted by Gasteiger charge is -2.32. The number of benzene rings is 2. The normalized spacial score (nSPS) is 14.6. The maximum atomic E-state index is 12.3. The quantitative estimate of drug-likeness (QED) is 0.853. The molecule has 0 radical (unpaired) electrons. The smallest absolute Gasteiger partial charge is 0.355 e. The summed E-state index contributed by atoms with van der Waals surface area (Å²) in [5.41, 5.74) is 0.754. The summed E-state index contributed by atoms with van der Waals surface area (Å²) in [4.78, 5) is 26.0. The van der Waals surface area contributed by atoms with Crippen LogP contribution in [0.4, 0.5) is 5.69 Å². The minimum Gasteiger partial charge on any atom is -0.508 e. The summed E-state index contributed by atoms with van der Waals surface area (Å²) in [6.07, 6.45) is 0. The Kier molecular flexibility index (Phi) is 4.58. The average Bonchev–Trinajstić information content (AvgIpc) is 2.65. The predicted molar refractivity (Wildman–Crippen MR) is 90.0 cm³/mol. The number of phenols is 1. The number of esters is 2. The number of carbonyl (C=O) groups is 2. The molecule has 7 nitrogen and oxygen atoms in total. The zero-order chi connectivity index (χ0) is 18.0. The van der Waals surface area contributed by atoms with Crippen molar-refractivity contribution < 1.29 is 28.9 Å². The topological polar surface area (TPSA) is 85.3 Å². The third-order valence-electron chi connectivity index (χ3n) is 3.97. The highest BCUT2D eigenvalue weighted by atomic mass is 16.5. The van der Waals surface area contributed by atoms with E-state index in [1.807, 2.05) is 12.1 Å². The number of rotatable bonds is 3. The zero-order valence-corrected chi connectivity index (χ0v) is 13.8. The molecule has 0 saturated heterocycles.